The first kappa shape index (κ1) is 9.00. The summed E-state index contributed by atoms with van der Waals surface area (Å²) in [7, 11) is -5.47. The van der Waals surface area contributed by atoms with Gasteiger partial charge < -0.3 is 0 Å². The first-order valence-corrected chi connectivity index (χ1v) is 3.70. The van der Waals surface area contributed by atoms with Crippen molar-refractivity contribution in [3.8, 4) is 0 Å². The van der Waals surface area contributed by atoms with Crippen molar-refractivity contribution in [2.45, 2.75) is 0 Å². The highest BCUT2D eigenvalue weighted by Gasteiger charge is 2.40. The molecule has 0 aromatic rings. The molecular formula is H3NO6P2+2. The molecule has 0 aliphatic rings. The van der Waals surface area contributed by atoms with Crippen LogP contribution in [0.25, 0.3) is 0 Å². The third-order valence-corrected chi connectivity index (χ3v) is 1.66. The van der Waals surface area contributed by atoms with E-state index in [9.17, 15) is 9.13 Å². The molecule has 2 unspecified atom stereocenters. The summed E-state index contributed by atoms with van der Waals surface area (Å²) < 4.78 is 30.3. The van der Waals surface area contributed by atoms with Crippen molar-refractivity contribution in [2.24, 2.45) is 5.90 Å². The van der Waals surface area contributed by atoms with E-state index in [1.165, 1.54) is 0 Å². The van der Waals surface area contributed by atoms with Gasteiger partial charge in [-0.15, -0.1) is 0 Å². The Balaban J connectivity index is 3.47. The molecular weight excluding hydrogens is 172 g/mol. The molecule has 0 heterocycles. The molecule has 0 aromatic heterocycles. The highest BCUT2D eigenvalue weighted by atomic mass is 31.2. The van der Waals surface area contributed by atoms with Crippen molar-refractivity contribution in [1.82, 2.24) is 0 Å². The maximum atomic E-state index is 9.98. The quantitative estimate of drug-likeness (QED) is 0.367. The van der Waals surface area contributed by atoms with Gasteiger partial charge in [-0.25, -0.2) is 5.26 Å². The Labute approximate surface area is 51.5 Å². The van der Waals surface area contributed by atoms with Gasteiger partial charge in [0.05, 0.1) is 4.67 Å². The molecule has 0 radical (unpaired) electrons. The second-order valence-corrected chi connectivity index (χ2v) is 2.64. The van der Waals surface area contributed by atoms with Crippen molar-refractivity contribution in [3.05, 3.63) is 0 Å². The number of rotatable bonds is 4. The smallest absolute Gasteiger partial charge is 0.202 e. The van der Waals surface area contributed by atoms with E-state index in [1.807, 2.05) is 0 Å². The second-order valence-electron chi connectivity index (χ2n) is 0.716. The third-order valence-electron chi connectivity index (χ3n) is 0.286. The highest BCUT2D eigenvalue weighted by molar-refractivity contribution is 7.47. The molecule has 52 valence electrons. The SMILES string of the molecule is NO[P+](=O)O[P+](=O)OO. The van der Waals surface area contributed by atoms with Crippen molar-refractivity contribution >= 4 is 16.5 Å². The van der Waals surface area contributed by atoms with Crippen LogP contribution in [0.3, 0.4) is 0 Å². The van der Waals surface area contributed by atoms with Gasteiger partial charge in [0.25, 0.3) is 0 Å². The van der Waals surface area contributed by atoms with Crippen LogP contribution in [0.1, 0.15) is 0 Å². The molecule has 3 N–H and O–H groups in total. The molecule has 0 fully saturated rings. The van der Waals surface area contributed by atoms with Crippen LogP contribution in [-0.4, -0.2) is 5.26 Å². The van der Waals surface area contributed by atoms with Crippen LogP contribution >= 0.6 is 16.5 Å². The minimum absolute atomic E-state index is 2.66. The van der Waals surface area contributed by atoms with Crippen LogP contribution in [0, 0.1) is 0 Å². The minimum Gasteiger partial charge on any atom is -0.202 e. The Morgan fingerprint density at radius 3 is 2.22 bits per heavy atom. The van der Waals surface area contributed by atoms with Crippen molar-refractivity contribution in [2.75, 3.05) is 0 Å². The molecule has 0 saturated carbocycles. The normalized spacial score (nSPS) is 13.1. The summed E-state index contributed by atoms with van der Waals surface area (Å²) in [6.07, 6.45) is 0. The van der Waals surface area contributed by atoms with Gasteiger partial charge in [-0.1, -0.05) is 0 Å². The lowest BCUT2D eigenvalue weighted by molar-refractivity contribution is -0.137. The molecule has 9 heavy (non-hydrogen) atoms. The van der Waals surface area contributed by atoms with Gasteiger partial charge >= 0.3 is 16.5 Å². The topological polar surface area (TPSA) is 108 Å². The summed E-state index contributed by atoms with van der Waals surface area (Å²) in [5.74, 6) is 4.30. The Morgan fingerprint density at radius 2 is 1.89 bits per heavy atom. The monoisotopic (exact) mass is 175 g/mol. The van der Waals surface area contributed by atoms with Crippen LogP contribution in [0.2, 0.25) is 0 Å². The molecule has 0 bridgehead atoms. The van der Waals surface area contributed by atoms with Crippen LogP contribution in [0.15, 0.2) is 0 Å². The molecule has 0 spiro atoms. The lowest BCUT2D eigenvalue weighted by atomic mass is 13.6. The lowest BCUT2D eigenvalue weighted by Gasteiger charge is -1.64. The van der Waals surface area contributed by atoms with Crippen molar-refractivity contribution < 1.29 is 28.0 Å². The first-order valence-electron chi connectivity index (χ1n) is 1.51. The van der Waals surface area contributed by atoms with Crippen LogP contribution in [0.5, 0.6) is 0 Å². The summed E-state index contributed by atoms with van der Waals surface area (Å²) in [5, 5.41) is 7.55. The molecule has 0 amide bonds. The van der Waals surface area contributed by atoms with E-state index in [1.54, 1.807) is 0 Å². The maximum absolute atomic E-state index is 9.98. The van der Waals surface area contributed by atoms with E-state index in [0.29, 0.717) is 0 Å². The van der Waals surface area contributed by atoms with E-state index in [0.717, 1.165) is 0 Å². The van der Waals surface area contributed by atoms with Crippen molar-refractivity contribution in [1.29, 1.82) is 0 Å². The van der Waals surface area contributed by atoms with E-state index in [4.69, 9.17) is 5.26 Å². The summed E-state index contributed by atoms with van der Waals surface area (Å²) >= 11 is 0. The van der Waals surface area contributed by atoms with Gasteiger partial charge in [0.2, 0.25) is 0 Å². The Kier molecular flexibility index (Phi) is 4.84. The second kappa shape index (κ2) is 4.84. The summed E-state index contributed by atoms with van der Waals surface area (Å²) in [6.45, 7) is 0. The van der Waals surface area contributed by atoms with Crippen LogP contribution < -0.4 is 5.90 Å². The maximum Gasteiger partial charge on any atom is 0.778 e. The first-order chi connectivity index (χ1) is 4.20. The summed E-state index contributed by atoms with van der Waals surface area (Å²) in [4.78, 5) is 0. The Hall–Kier alpha value is -0.0000000000000000416. The van der Waals surface area contributed by atoms with Crippen molar-refractivity contribution in [3.63, 3.8) is 0 Å². The summed E-state index contributed by atoms with van der Waals surface area (Å²) in [6, 6.07) is 0. The molecule has 0 rings (SSSR count). The van der Waals surface area contributed by atoms with E-state index in [-0.39, 0.29) is 0 Å². The zero-order chi connectivity index (χ0) is 7.28. The fourth-order valence-corrected chi connectivity index (χ4v) is 0.797. The molecule has 0 aliphatic heterocycles. The molecule has 9 heteroatoms. The zero-order valence-electron chi connectivity index (χ0n) is 3.96. The van der Waals surface area contributed by atoms with Crippen LogP contribution in [-0.2, 0) is 22.7 Å². The Morgan fingerprint density at radius 1 is 1.33 bits per heavy atom. The molecule has 0 aromatic carbocycles. The van der Waals surface area contributed by atoms with E-state index < -0.39 is 16.5 Å². The average molecular weight is 175 g/mol. The van der Waals surface area contributed by atoms with Gasteiger partial charge in [-0.05, 0) is 4.62 Å². The highest BCUT2D eigenvalue weighted by Crippen LogP contribution is 2.37. The molecule has 2 atom stereocenters. The van der Waals surface area contributed by atoms with Gasteiger partial charge in [-0.2, -0.15) is 5.90 Å². The predicted molar refractivity (Wildman–Crippen MR) is 25.3 cm³/mol. The van der Waals surface area contributed by atoms with Gasteiger partial charge in [0.15, 0.2) is 4.31 Å². The van der Waals surface area contributed by atoms with Gasteiger partial charge in [0.1, 0.15) is 0 Å². The number of hydrogen-bond donors (Lipinski definition) is 2. The van der Waals surface area contributed by atoms with E-state index >= 15 is 0 Å². The average Bonchev–Trinajstić information content (AvgIpc) is 1.87. The molecule has 0 aliphatic carbocycles. The number of hydrogen-bond acceptors (Lipinski definition) is 7. The Bertz CT molecular complexity index is 106. The zero-order valence-corrected chi connectivity index (χ0v) is 5.75. The fraction of sp³-hybridized carbons (Fsp3) is 0. The molecule has 0 saturated heterocycles. The van der Waals surface area contributed by atoms with Crippen LogP contribution in [0.4, 0.5) is 0 Å². The largest absolute Gasteiger partial charge is 0.778 e. The third kappa shape index (κ3) is 4.50. The summed E-state index contributed by atoms with van der Waals surface area (Å²) in [5.41, 5.74) is 0. The minimum atomic E-state index is -2.81. The van der Waals surface area contributed by atoms with Gasteiger partial charge in [0, 0.05) is 9.13 Å². The standard InChI is InChI=1S/H2NO6P2/c1-5-8(3)7-9(4)6-2/h1H2/q+1/p+1. The lowest BCUT2D eigenvalue weighted by Crippen LogP contribution is -1.87. The van der Waals surface area contributed by atoms with E-state index in [2.05, 4.69) is 19.5 Å². The fourth-order valence-electron chi connectivity index (χ4n) is 0.0886. The number of nitrogens with two attached hydrogens (primary N) is 1. The van der Waals surface area contributed by atoms with Gasteiger partial charge in [-0.3, -0.25) is 0 Å². The molecule has 7 nitrogen and oxygen atoms in total. The predicted octanol–water partition coefficient (Wildman–Crippen LogP) is 0.698.